The molecule has 0 aromatic heterocycles. The van der Waals surface area contributed by atoms with Gasteiger partial charge in [-0.3, -0.25) is 0 Å². The Bertz CT molecular complexity index is 326. The van der Waals surface area contributed by atoms with Gasteiger partial charge < -0.3 is 5.32 Å². The van der Waals surface area contributed by atoms with Gasteiger partial charge in [-0.15, -0.1) is 6.58 Å². The molecule has 0 aliphatic heterocycles. The molecule has 0 saturated carbocycles. The molecule has 2 heteroatoms. The van der Waals surface area contributed by atoms with E-state index in [4.69, 9.17) is 0 Å². The Labute approximate surface area is 97.4 Å². The zero-order valence-corrected chi connectivity index (χ0v) is 10.1. The maximum atomic E-state index is 13.3. The van der Waals surface area contributed by atoms with Crippen LogP contribution in [0.25, 0.3) is 0 Å². The first-order valence-electron chi connectivity index (χ1n) is 5.78. The van der Waals surface area contributed by atoms with Crippen molar-refractivity contribution in [3.8, 4) is 0 Å². The normalized spacial score (nSPS) is 12.4. The summed E-state index contributed by atoms with van der Waals surface area (Å²) in [5.41, 5.74) is 2.00. The summed E-state index contributed by atoms with van der Waals surface area (Å²) in [6.07, 6.45) is 3.80. The molecule has 0 spiro atoms. The average Bonchev–Trinajstić information content (AvgIpc) is 2.22. The molecule has 0 bridgehead atoms. The van der Waals surface area contributed by atoms with Crippen LogP contribution in [0.1, 0.15) is 36.9 Å². The Morgan fingerprint density at radius 3 is 2.75 bits per heavy atom. The van der Waals surface area contributed by atoms with Crippen LogP contribution in [0.3, 0.4) is 0 Å². The first-order valence-corrected chi connectivity index (χ1v) is 5.78. The Hall–Kier alpha value is -1.15. The van der Waals surface area contributed by atoms with Gasteiger partial charge in [-0.1, -0.05) is 19.1 Å². The number of hydrogen-bond donors (Lipinski definition) is 1. The molecule has 0 saturated heterocycles. The highest BCUT2D eigenvalue weighted by molar-refractivity contribution is 5.26. The highest BCUT2D eigenvalue weighted by Crippen LogP contribution is 2.21. The van der Waals surface area contributed by atoms with E-state index in [9.17, 15) is 4.39 Å². The third-order valence-corrected chi connectivity index (χ3v) is 2.58. The van der Waals surface area contributed by atoms with Gasteiger partial charge in [0.2, 0.25) is 0 Å². The molecule has 1 nitrogen and oxygen atoms in total. The average molecular weight is 221 g/mol. The van der Waals surface area contributed by atoms with Gasteiger partial charge in [0, 0.05) is 6.04 Å². The fourth-order valence-corrected chi connectivity index (χ4v) is 1.88. The Balaban J connectivity index is 2.85. The smallest absolute Gasteiger partial charge is 0.123 e. The largest absolute Gasteiger partial charge is 0.310 e. The van der Waals surface area contributed by atoms with Gasteiger partial charge in [-0.05, 0) is 49.6 Å². The first kappa shape index (κ1) is 12.9. The van der Waals surface area contributed by atoms with Gasteiger partial charge in [-0.2, -0.15) is 0 Å². The fraction of sp³-hybridized carbons (Fsp3) is 0.429. The van der Waals surface area contributed by atoms with E-state index in [0.29, 0.717) is 0 Å². The summed E-state index contributed by atoms with van der Waals surface area (Å²) in [5, 5.41) is 3.37. The Morgan fingerprint density at radius 2 is 2.19 bits per heavy atom. The van der Waals surface area contributed by atoms with Gasteiger partial charge in [0.05, 0.1) is 0 Å². The molecule has 16 heavy (non-hydrogen) atoms. The lowest BCUT2D eigenvalue weighted by molar-refractivity contribution is 0.514. The molecule has 1 atom stereocenters. The topological polar surface area (TPSA) is 12.0 Å². The molecule has 1 aromatic carbocycles. The molecule has 0 heterocycles. The van der Waals surface area contributed by atoms with Crippen molar-refractivity contribution >= 4 is 0 Å². The van der Waals surface area contributed by atoms with Crippen molar-refractivity contribution in [1.29, 1.82) is 0 Å². The van der Waals surface area contributed by atoms with E-state index < -0.39 is 0 Å². The van der Waals surface area contributed by atoms with Crippen LogP contribution < -0.4 is 5.32 Å². The fourth-order valence-electron chi connectivity index (χ4n) is 1.88. The molecule has 0 aliphatic rings. The molecule has 1 unspecified atom stereocenters. The van der Waals surface area contributed by atoms with Crippen LogP contribution in [0.2, 0.25) is 0 Å². The SMILES string of the molecule is C=CCCC(NCC)c1cc(C)cc(F)c1. The van der Waals surface area contributed by atoms with Crippen LogP contribution in [0.4, 0.5) is 4.39 Å². The number of nitrogens with one attached hydrogen (secondary N) is 1. The molecule has 1 aromatic rings. The lowest BCUT2D eigenvalue weighted by Crippen LogP contribution is -2.21. The minimum Gasteiger partial charge on any atom is -0.310 e. The van der Waals surface area contributed by atoms with Gasteiger partial charge in [-0.25, -0.2) is 4.39 Å². The van der Waals surface area contributed by atoms with Crippen LogP contribution in [-0.4, -0.2) is 6.54 Å². The van der Waals surface area contributed by atoms with Crippen LogP contribution >= 0.6 is 0 Å². The van der Waals surface area contributed by atoms with Crippen molar-refractivity contribution in [3.63, 3.8) is 0 Å². The second kappa shape index (κ2) is 6.44. The lowest BCUT2D eigenvalue weighted by Gasteiger charge is -2.18. The molecule has 0 radical (unpaired) electrons. The van der Waals surface area contributed by atoms with Crippen molar-refractivity contribution in [3.05, 3.63) is 47.8 Å². The number of halogens is 1. The van der Waals surface area contributed by atoms with Crippen LogP contribution in [0.15, 0.2) is 30.9 Å². The zero-order chi connectivity index (χ0) is 12.0. The molecular formula is C14H20FN. The summed E-state index contributed by atoms with van der Waals surface area (Å²) >= 11 is 0. The highest BCUT2D eigenvalue weighted by Gasteiger charge is 2.10. The van der Waals surface area contributed by atoms with Crippen LogP contribution in [-0.2, 0) is 0 Å². The van der Waals surface area contributed by atoms with E-state index >= 15 is 0 Å². The Kier molecular flexibility index (Phi) is 5.20. The van der Waals surface area contributed by atoms with E-state index in [-0.39, 0.29) is 11.9 Å². The van der Waals surface area contributed by atoms with Crippen LogP contribution in [0.5, 0.6) is 0 Å². The molecule has 0 amide bonds. The second-order valence-corrected chi connectivity index (χ2v) is 4.04. The molecule has 1 rings (SSSR count). The predicted octanol–water partition coefficient (Wildman–Crippen LogP) is 3.75. The van der Waals surface area contributed by atoms with E-state index in [2.05, 4.69) is 18.8 Å². The first-order chi connectivity index (χ1) is 7.67. The molecular weight excluding hydrogens is 201 g/mol. The van der Waals surface area contributed by atoms with Gasteiger partial charge in [0.1, 0.15) is 5.82 Å². The molecule has 88 valence electrons. The number of aryl methyl sites for hydroxylation is 1. The van der Waals surface area contributed by atoms with Crippen molar-refractivity contribution in [2.24, 2.45) is 0 Å². The summed E-state index contributed by atoms with van der Waals surface area (Å²) in [5.74, 6) is -0.156. The summed E-state index contributed by atoms with van der Waals surface area (Å²) in [6, 6.07) is 5.43. The maximum Gasteiger partial charge on any atom is 0.123 e. The zero-order valence-electron chi connectivity index (χ0n) is 10.1. The Morgan fingerprint density at radius 1 is 1.44 bits per heavy atom. The van der Waals surface area contributed by atoms with Crippen molar-refractivity contribution in [1.82, 2.24) is 5.32 Å². The predicted molar refractivity (Wildman–Crippen MR) is 67.0 cm³/mol. The monoisotopic (exact) mass is 221 g/mol. The van der Waals surface area contributed by atoms with Crippen molar-refractivity contribution in [2.45, 2.75) is 32.7 Å². The van der Waals surface area contributed by atoms with Gasteiger partial charge >= 0.3 is 0 Å². The lowest BCUT2D eigenvalue weighted by atomic mass is 10.00. The molecule has 0 aliphatic carbocycles. The summed E-state index contributed by atoms with van der Waals surface area (Å²) in [7, 11) is 0. The number of allylic oxidation sites excluding steroid dienone is 1. The second-order valence-electron chi connectivity index (χ2n) is 4.04. The van der Waals surface area contributed by atoms with E-state index in [1.165, 1.54) is 0 Å². The third kappa shape index (κ3) is 3.78. The van der Waals surface area contributed by atoms with Crippen LogP contribution in [0, 0.1) is 12.7 Å². The molecule has 0 fully saturated rings. The number of benzene rings is 1. The van der Waals surface area contributed by atoms with Crippen molar-refractivity contribution in [2.75, 3.05) is 6.54 Å². The molecule has 1 N–H and O–H groups in total. The minimum absolute atomic E-state index is 0.156. The highest BCUT2D eigenvalue weighted by atomic mass is 19.1. The summed E-state index contributed by atoms with van der Waals surface area (Å²) < 4.78 is 13.3. The maximum absolute atomic E-state index is 13.3. The quantitative estimate of drug-likeness (QED) is 0.721. The van der Waals surface area contributed by atoms with Crippen molar-refractivity contribution < 1.29 is 4.39 Å². The van der Waals surface area contributed by atoms with E-state index in [0.717, 1.165) is 30.5 Å². The minimum atomic E-state index is -0.156. The van der Waals surface area contributed by atoms with Gasteiger partial charge in [0.25, 0.3) is 0 Å². The number of hydrogen-bond acceptors (Lipinski definition) is 1. The number of rotatable bonds is 6. The standard InChI is InChI=1S/C14H20FN/c1-4-6-7-14(16-5-2)12-8-11(3)9-13(15)10-12/h4,8-10,14,16H,1,5-7H2,2-3H3. The third-order valence-electron chi connectivity index (χ3n) is 2.58. The van der Waals surface area contributed by atoms with E-state index in [1.54, 1.807) is 12.1 Å². The van der Waals surface area contributed by atoms with Gasteiger partial charge in [0.15, 0.2) is 0 Å². The van der Waals surface area contributed by atoms with E-state index in [1.807, 2.05) is 19.1 Å². The summed E-state index contributed by atoms with van der Waals surface area (Å²) in [6.45, 7) is 8.59. The summed E-state index contributed by atoms with van der Waals surface area (Å²) in [4.78, 5) is 0.